The average molecular weight is 234 g/mol. The normalized spacial score (nSPS) is 20.2. The Balaban J connectivity index is 2.21. The first kappa shape index (κ1) is 10.5. The van der Waals surface area contributed by atoms with Crippen molar-refractivity contribution in [3.8, 4) is 0 Å². The average Bonchev–Trinajstić information content (AvgIpc) is 2.95. The van der Waals surface area contributed by atoms with Crippen LogP contribution in [-0.2, 0) is 11.3 Å². The van der Waals surface area contributed by atoms with Gasteiger partial charge in [0, 0.05) is 18.5 Å². The third kappa shape index (κ3) is 1.57. The lowest BCUT2D eigenvalue weighted by molar-refractivity contribution is 0.184. The molecular formula is C11H14N4O2. The molecule has 6 heteroatoms. The molecule has 0 bridgehead atoms. The van der Waals surface area contributed by atoms with Crippen LogP contribution in [-0.4, -0.2) is 33.1 Å². The standard InChI is InChI=1S/C11H14N4O2/c12-8-1-3-13-11-10(8)9(5-16)14-15(11)7-2-4-17-6-7/h1,3,7,16H,2,4-6H2,(H2,12,13). The number of nitrogen functional groups attached to an aromatic ring is 1. The number of rotatable bonds is 2. The lowest BCUT2D eigenvalue weighted by Gasteiger charge is -2.08. The Bertz CT molecular complexity index is 546. The van der Waals surface area contributed by atoms with Crippen LogP contribution in [0.2, 0.25) is 0 Å². The van der Waals surface area contributed by atoms with Crippen molar-refractivity contribution in [1.29, 1.82) is 0 Å². The summed E-state index contributed by atoms with van der Waals surface area (Å²) in [6.45, 7) is 1.24. The number of nitrogens with two attached hydrogens (primary N) is 1. The second kappa shape index (κ2) is 3.97. The van der Waals surface area contributed by atoms with E-state index in [1.165, 1.54) is 0 Å². The minimum absolute atomic E-state index is 0.132. The summed E-state index contributed by atoms with van der Waals surface area (Å²) in [6, 6.07) is 1.91. The van der Waals surface area contributed by atoms with Crippen LogP contribution in [0.5, 0.6) is 0 Å². The summed E-state index contributed by atoms with van der Waals surface area (Å²) in [5.41, 5.74) is 7.82. The van der Waals surface area contributed by atoms with Crippen LogP contribution in [0, 0.1) is 0 Å². The smallest absolute Gasteiger partial charge is 0.160 e. The van der Waals surface area contributed by atoms with E-state index in [0.29, 0.717) is 18.0 Å². The molecule has 17 heavy (non-hydrogen) atoms. The van der Waals surface area contributed by atoms with E-state index in [2.05, 4.69) is 10.1 Å². The maximum atomic E-state index is 9.33. The molecule has 3 rings (SSSR count). The Hall–Kier alpha value is -1.66. The van der Waals surface area contributed by atoms with Gasteiger partial charge < -0.3 is 15.6 Å². The summed E-state index contributed by atoms with van der Waals surface area (Å²) in [5, 5.41) is 14.5. The third-order valence-corrected chi connectivity index (χ3v) is 3.10. The van der Waals surface area contributed by atoms with E-state index in [1.807, 2.05) is 4.68 Å². The highest BCUT2D eigenvalue weighted by atomic mass is 16.5. The molecule has 1 unspecified atom stereocenters. The molecule has 0 aromatic carbocycles. The zero-order valence-corrected chi connectivity index (χ0v) is 9.33. The van der Waals surface area contributed by atoms with Crippen molar-refractivity contribution in [2.45, 2.75) is 19.1 Å². The monoisotopic (exact) mass is 234 g/mol. The Morgan fingerprint density at radius 2 is 2.47 bits per heavy atom. The molecule has 1 saturated heterocycles. The number of aliphatic hydroxyl groups is 1. The van der Waals surface area contributed by atoms with E-state index < -0.39 is 0 Å². The van der Waals surface area contributed by atoms with E-state index in [4.69, 9.17) is 10.5 Å². The summed E-state index contributed by atoms with van der Waals surface area (Å²) >= 11 is 0. The predicted molar refractivity (Wildman–Crippen MR) is 62.3 cm³/mol. The van der Waals surface area contributed by atoms with Gasteiger partial charge in [-0.05, 0) is 12.5 Å². The largest absolute Gasteiger partial charge is 0.398 e. The second-order valence-electron chi connectivity index (χ2n) is 4.17. The summed E-state index contributed by atoms with van der Waals surface area (Å²) < 4.78 is 7.17. The van der Waals surface area contributed by atoms with Crippen molar-refractivity contribution in [2.24, 2.45) is 0 Å². The van der Waals surface area contributed by atoms with Crippen LogP contribution in [0.1, 0.15) is 18.2 Å². The molecule has 1 fully saturated rings. The number of anilines is 1. The van der Waals surface area contributed by atoms with Gasteiger partial charge in [0.15, 0.2) is 5.65 Å². The number of hydrogen-bond acceptors (Lipinski definition) is 5. The van der Waals surface area contributed by atoms with Crippen LogP contribution in [0.25, 0.3) is 11.0 Å². The van der Waals surface area contributed by atoms with Crippen molar-refractivity contribution < 1.29 is 9.84 Å². The van der Waals surface area contributed by atoms with Gasteiger partial charge >= 0.3 is 0 Å². The van der Waals surface area contributed by atoms with Crippen LogP contribution >= 0.6 is 0 Å². The van der Waals surface area contributed by atoms with Gasteiger partial charge in [-0.25, -0.2) is 9.67 Å². The molecule has 6 nitrogen and oxygen atoms in total. The predicted octanol–water partition coefficient (Wildman–Crippen LogP) is 0.467. The molecule has 0 aliphatic carbocycles. The summed E-state index contributed by atoms with van der Waals surface area (Å²) in [4.78, 5) is 4.31. The van der Waals surface area contributed by atoms with Crippen molar-refractivity contribution in [1.82, 2.24) is 14.8 Å². The SMILES string of the molecule is Nc1ccnc2c1c(CO)nn2C1CCOC1. The van der Waals surface area contributed by atoms with E-state index in [0.717, 1.165) is 24.1 Å². The molecule has 90 valence electrons. The lowest BCUT2D eigenvalue weighted by Crippen LogP contribution is -2.11. The highest BCUT2D eigenvalue weighted by Gasteiger charge is 2.23. The number of aliphatic hydroxyl groups excluding tert-OH is 1. The first-order valence-electron chi connectivity index (χ1n) is 5.61. The van der Waals surface area contributed by atoms with Gasteiger partial charge in [0.2, 0.25) is 0 Å². The maximum absolute atomic E-state index is 9.33. The van der Waals surface area contributed by atoms with Crippen molar-refractivity contribution >= 4 is 16.7 Å². The quantitative estimate of drug-likeness (QED) is 0.788. The fourth-order valence-electron chi connectivity index (χ4n) is 2.24. The fraction of sp³-hybridized carbons (Fsp3) is 0.455. The number of aromatic nitrogens is 3. The molecule has 0 radical (unpaired) electrons. The Labute approximate surface area is 98.0 Å². The van der Waals surface area contributed by atoms with Gasteiger partial charge in [0.25, 0.3) is 0 Å². The van der Waals surface area contributed by atoms with Crippen molar-refractivity contribution in [3.63, 3.8) is 0 Å². The molecule has 0 amide bonds. The van der Waals surface area contributed by atoms with Gasteiger partial charge in [-0.2, -0.15) is 5.10 Å². The number of fused-ring (bicyclic) bond motifs is 1. The molecule has 1 aliphatic heterocycles. The minimum Gasteiger partial charge on any atom is -0.398 e. The Kier molecular flexibility index (Phi) is 2.45. The molecule has 2 aromatic heterocycles. The summed E-state index contributed by atoms with van der Waals surface area (Å²) in [7, 11) is 0. The van der Waals surface area contributed by atoms with Gasteiger partial charge in [0.1, 0.15) is 0 Å². The van der Waals surface area contributed by atoms with Crippen LogP contribution < -0.4 is 5.73 Å². The molecule has 0 spiro atoms. The van der Waals surface area contributed by atoms with Crippen LogP contribution in [0.3, 0.4) is 0 Å². The zero-order chi connectivity index (χ0) is 11.8. The number of ether oxygens (including phenoxy) is 1. The maximum Gasteiger partial charge on any atom is 0.160 e. The number of hydrogen-bond donors (Lipinski definition) is 2. The second-order valence-corrected chi connectivity index (χ2v) is 4.17. The topological polar surface area (TPSA) is 86.2 Å². The van der Waals surface area contributed by atoms with Crippen LogP contribution in [0.15, 0.2) is 12.3 Å². The Morgan fingerprint density at radius 3 is 3.18 bits per heavy atom. The molecule has 1 aliphatic rings. The first-order valence-corrected chi connectivity index (χ1v) is 5.61. The lowest BCUT2D eigenvalue weighted by atomic mass is 10.2. The Morgan fingerprint density at radius 1 is 1.59 bits per heavy atom. The van der Waals surface area contributed by atoms with Gasteiger partial charge in [-0.1, -0.05) is 0 Å². The van der Waals surface area contributed by atoms with Gasteiger partial charge in [-0.15, -0.1) is 0 Å². The third-order valence-electron chi connectivity index (χ3n) is 3.10. The van der Waals surface area contributed by atoms with E-state index in [-0.39, 0.29) is 12.6 Å². The summed E-state index contributed by atoms with van der Waals surface area (Å²) in [6.07, 6.45) is 2.57. The molecule has 0 saturated carbocycles. The van der Waals surface area contributed by atoms with Crippen LogP contribution in [0.4, 0.5) is 5.69 Å². The molecule has 3 heterocycles. The zero-order valence-electron chi connectivity index (χ0n) is 9.33. The van der Waals surface area contributed by atoms with Gasteiger partial charge in [-0.3, -0.25) is 0 Å². The highest BCUT2D eigenvalue weighted by Crippen LogP contribution is 2.28. The fourth-order valence-corrected chi connectivity index (χ4v) is 2.24. The highest BCUT2D eigenvalue weighted by molar-refractivity contribution is 5.90. The molecule has 1 atom stereocenters. The summed E-state index contributed by atoms with van der Waals surface area (Å²) in [5.74, 6) is 0. The molecular weight excluding hydrogens is 220 g/mol. The minimum atomic E-state index is -0.132. The molecule has 2 aromatic rings. The van der Waals surface area contributed by atoms with E-state index >= 15 is 0 Å². The van der Waals surface area contributed by atoms with Gasteiger partial charge in [0.05, 0.1) is 30.3 Å². The van der Waals surface area contributed by atoms with Crippen molar-refractivity contribution in [2.75, 3.05) is 18.9 Å². The number of pyridine rings is 1. The first-order chi connectivity index (χ1) is 8.31. The van der Waals surface area contributed by atoms with Crippen molar-refractivity contribution in [3.05, 3.63) is 18.0 Å². The van der Waals surface area contributed by atoms with E-state index in [9.17, 15) is 5.11 Å². The number of nitrogens with zero attached hydrogens (tertiary/aromatic N) is 3. The molecule has 3 N–H and O–H groups in total. The van der Waals surface area contributed by atoms with E-state index in [1.54, 1.807) is 12.3 Å².